The number of aliphatic hydroxyl groups is 1. The molecule has 0 heterocycles. The largest absolute Gasteiger partial charge is 0.387 e. The Hall–Kier alpha value is -1.61. The molecule has 2 atom stereocenters. The third kappa shape index (κ3) is 5.01. The van der Waals surface area contributed by atoms with Crippen LogP contribution in [0.25, 0.3) is 6.08 Å². The molecule has 3 heteroatoms. The third-order valence-corrected chi connectivity index (χ3v) is 3.57. The van der Waals surface area contributed by atoms with E-state index in [1.165, 1.54) is 0 Å². The predicted molar refractivity (Wildman–Crippen MR) is 89.4 cm³/mol. The molecule has 0 aliphatic rings. The van der Waals surface area contributed by atoms with Gasteiger partial charge in [0, 0.05) is 17.6 Å². The lowest BCUT2D eigenvalue weighted by Gasteiger charge is -2.19. The Kier molecular flexibility index (Phi) is 6.00. The summed E-state index contributed by atoms with van der Waals surface area (Å²) in [5.41, 5.74) is 2.00. The van der Waals surface area contributed by atoms with Gasteiger partial charge in [-0.05, 0) is 30.2 Å². The highest BCUT2D eigenvalue weighted by Gasteiger charge is 2.14. The van der Waals surface area contributed by atoms with Crippen LogP contribution >= 0.6 is 11.6 Å². The second kappa shape index (κ2) is 7.99. The first-order valence-electron chi connectivity index (χ1n) is 7.05. The fourth-order valence-corrected chi connectivity index (χ4v) is 2.31. The summed E-state index contributed by atoms with van der Waals surface area (Å²) in [5.74, 6) is 0. The molecule has 0 radical (unpaired) electrons. The van der Waals surface area contributed by atoms with Gasteiger partial charge in [-0.3, -0.25) is 0 Å². The van der Waals surface area contributed by atoms with Crippen LogP contribution in [0.3, 0.4) is 0 Å². The van der Waals surface area contributed by atoms with Crippen molar-refractivity contribution < 1.29 is 5.11 Å². The van der Waals surface area contributed by atoms with Gasteiger partial charge in [-0.2, -0.15) is 0 Å². The Bertz CT molecular complexity index is 583. The van der Waals surface area contributed by atoms with Gasteiger partial charge in [-0.15, -0.1) is 0 Å². The molecule has 110 valence electrons. The molecule has 2 nitrogen and oxygen atoms in total. The Morgan fingerprint density at radius 1 is 1.14 bits per heavy atom. The van der Waals surface area contributed by atoms with Crippen LogP contribution in [0.15, 0.2) is 60.7 Å². The van der Waals surface area contributed by atoms with Gasteiger partial charge >= 0.3 is 0 Å². The van der Waals surface area contributed by atoms with E-state index < -0.39 is 6.10 Å². The quantitative estimate of drug-likeness (QED) is 0.843. The summed E-state index contributed by atoms with van der Waals surface area (Å²) >= 11 is 5.93. The second-order valence-corrected chi connectivity index (χ2v) is 5.45. The minimum atomic E-state index is -0.509. The van der Waals surface area contributed by atoms with Crippen molar-refractivity contribution in [2.24, 2.45) is 0 Å². The molecule has 0 aromatic heterocycles. The lowest BCUT2D eigenvalue weighted by Crippen LogP contribution is -2.32. The molecular formula is C18H20ClNO. The van der Waals surface area contributed by atoms with E-state index >= 15 is 0 Å². The van der Waals surface area contributed by atoms with Crippen LogP contribution in [-0.2, 0) is 0 Å². The molecule has 2 unspecified atom stereocenters. The van der Waals surface area contributed by atoms with Crippen LogP contribution < -0.4 is 5.32 Å². The summed E-state index contributed by atoms with van der Waals surface area (Å²) in [6.07, 6.45) is 3.53. The number of hydrogen-bond acceptors (Lipinski definition) is 2. The first-order chi connectivity index (χ1) is 10.2. The first kappa shape index (κ1) is 15.8. The zero-order chi connectivity index (χ0) is 15.1. The first-order valence-corrected chi connectivity index (χ1v) is 7.43. The van der Waals surface area contributed by atoms with Gasteiger partial charge in [0.25, 0.3) is 0 Å². The predicted octanol–water partition coefficient (Wildman–Crippen LogP) is 4.06. The van der Waals surface area contributed by atoms with E-state index in [9.17, 15) is 5.11 Å². The van der Waals surface area contributed by atoms with Gasteiger partial charge in [0.15, 0.2) is 0 Å². The van der Waals surface area contributed by atoms with E-state index in [-0.39, 0.29) is 6.04 Å². The summed E-state index contributed by atoms with van der Waals surface area (Å²) < 4.78 is 0. The molecule has 0 spiro atoms. The van der Waals surface area contributed by atoms with Crippen molar-refractivity contribution in [3.05, 3.63) is 76.8 Å². The summed E-state index contributed by atoms with van der Waals surface area (Å²) in [5, 5.41) is 14.3. The van der Waals surface area contributed by atoms with Crippen molar-refractivity contribution in [2.45, 2.75) is 19.1 Å². The van der Waals surface area contributed by atoms with E-state index in [1.54, 1.807) is 0 Å². The molecule has 2 rings (SSSR count). The Morgan fingerprint density at radius 3 is 2.62 bits per heavy atom. The molecule has 2 aromatic carbocycles. The van der Waals surface area contributed by atoms with Crippen LogP contribution in [0, 0.1) is 0 Å². The molecular weight excluding hydrogens is 282 g/mol. The highest BCUT2D eigenvalue weighted by molar-refractivity contribution is 6.30. The summed E-state index contributed by atoms with van der Waals surface area (Å²) in [4.78, 5) is 0. The topological polar surface area (TPSA) is 32.3 Å². The maximum atomic E-state index is 10.2. The number of benzene rings is 2. The number of rotatable bonds is 6. The van der Waals surface area contributed by atoms with Gasteiger partial charge in [-0.1, -0.05) is 66.2 Å². The molecule has 0 amide bonds. The SMILES string of the molecule is CC(NC/C=C/c1cccc(Cl)c1)C(O)c1ccccc1. The van der Waals surface area contributed by atoms with Crippen LogP contribution in [-0.4, -0.2) is 17.7 Å². The maximum Gasteiger partial charge on any atom is 0.0940 e. The summed E-state index contributed by atoms with van der Waals surface area (Å²) in [6.45, 7) is 2.67. The second-order valence-electron chi connectivity index (χ2n) is 5.01. The Labute approximate surface area is 131 Å². The van der Waals surface area contributed by atoms with Gasteiger partial charge in [-0.25, -0.2) is 0 Å². The van der Waals surface area contributed by atoms with Crippen LogP contribution in [0.5, 0.6) is 0 Å². The monoisotopic (exact) mass is 301 g/mol. The highest BCUT2D eigenvalue weighted by atomic mass is 35.5. The molecule has 0 fully saturated rings. The summed E-state index contributed by atoms with van der Waals surface area (Å²) in [7, 11) is 0. The van der Waals surface area contributed by atoms with Gasteiger partial charge in [0.05, 0.1) is 6.10 Å². The zero-order valence-corrected chi connectivity index (χ0v) is 12.8. The number of nitrogens with one attached hydrogen (secondary N) is 1. The highest BCUT2D eigenvalue weighted by Crippen LogP contribution is 2.16. The van der Waals surface area contributed by atoms with E-state index in [2.05, 4.69) is 5.32 Å². The number of hydrogen-bond donors (Lipinski definition) is 2. The molecule has 0 aliphatic heterocycles. The van der Waals surface area contributed by atoms with Crippen molar-refractivity contribution in [1.82, 2.24) is 5.32 Å². The standard InChI is InChI=1S/C18H20ClNO/c1-14(18(21)16-9-3-2-4-10-16)20-12-6-8-15-7-5-11-17(19)13-15/h2-11,13-14,18,20-21H,12H2,1H3/b8-6+. The Balaban J connectivity index is 1.83. The average Bonchev–Trinajstić information content (AvgIpc) is 2.51. The van der Waals surface area contributed by atoms with Crippen LogP contribution in [0.1, 0.15) is 24.2 Å². The maximum absolute atomic E-state index is 10.2. The van der Waals surface area contributed by atoms with Crippen molar-refractivity contribution in [3.63, 3.8) is 0 Å². The minimum Gasteiger partial charge on any atom is -0.387 e. The lowest BCUT2D eigenvalue weighted by atomic mass is 10.0. The van der Waals surface area contributed by atoms with Gasteiger partial charge in [0.2, 0.25) is 0 Å². The fraction of sp³-hybridized carbons (Fsp3) is 0.222. The molecule has 2 aromatic rings. The molecule has 2 N–H and O–H groups in total. The van der Waals surface area contributed by atoms with Crippen molar-refractivity contribution >= 4 is 17.7 Å². The third-order valence-electron chi connectivity index (χ3n) is 3.33. The van der Waals surface area contributed by atoms with E-state index in [4.69, 9.17) is 11.6 Å². The molecule has 0 saturated heterocycles. The average molecular weight is 302 g/mol. The summed E-state index contributed by atoms with van der Waals surface area (Å²) in [6, 6.07) is 17.4. The number of halogens is 1. The van der Waals surface area contributed by atoms with Crippen LogP contribution in [0.4, 0.5) is 0 Å². The molecule has 21 heavy (non-hydrogen) atoms. The lowest BCUT2D eigenvalue weighted by molar-refractivity contribution is 0.138. The van der Waals surface area contributed by atoms with E-state index in [0.717, 1.165) is 16.1 Å². The van der Waals surface area contributed by atoms with Crippen molar-refractivity contribution in [1.29, 1.82) is 0 Å². The van der Waals surface area contributed by atoms with E-state index in [0.29, 0.717) is 6.54 Å². The van der Waals surface area contributed by atoms with Crippen LogP contribution in [0.2, 0.25) is 5.02 Å². The van der Waals surface area contributed by atoms with Crippen molar-refractivity contribution in [3.8, 4) is 0 Å². The van der Waals surface area contributed by atoms with Crippen molar-refractivity contribution in [2.75, 3.05) is 6.54 Å². The minimum absolute atomic E-state index is 0.0172. The molecule has 0 saturated carbocycles. The van der Waals surface area contributed by atoms with Gasteiger partial charge in [0.1, 0.15) is 0 Å². The molecule has 0 bridgehead atoms. The fourth-order valence-electron chi connectivity index (χ4n) is 2.11. The normalized spacial score (nSPS) is 14.2. The number of aliphatic hydroxyl groups excluding tert-OH is 1. The molecule has 0 aliphatic carbocycles. The Morgan fingerprint density at radius 2 is 1.90 bits per heavy atom. The zero-order valence-electron chi connectivity index (χ0n) is 12.0. The smallest absolute Gasteiger partial charge is 0.0940 e. The van der Waals surface area contributed by atoms with E-state index in [1.807, 2.05) is 73.7 Å². The van der Waals surface area contributed by atoms with Gasteiger partial charge < -0.3 is 10.4 Å².